The normalized spacial score (nSPS) is 18.0. The highest BCUT2D eigenvalue weighted by molar-refractivity contribution is 5.93. The molecule has 0 atom stereocenters. The van der Waals surface area contributed by atoms with E-state index in [9.17, 15) is 14.0 Å². The van der Waals surface area contributed by atoms with Crippen LogP contribution in [-0.4, -0.2) is 65.9 Å². The number of nitrogens with zero attached hydrogens (tertiary/aromatic N) is 3. The molecule has 0 saturated carbocycles. The van der Waals surface area contributed by atoms with Crippen LogP contribution in [0.2, 0.25) is 0 Å². The van der Waals surface area contributed by atoms with Gasteiger partial charge in [-0.3, -0.25) is 9.59 Å². The molecule has 6 nitrogen and oxygen atoms in total. The fraction of sp³-hybridized carbons (Fsp3) is 0.409. The summed E-state index contributed by atoms with van der Waals surface area (Å²) in [5, 5.41) is 3.26. The molecule has 3 heterocycles. The van der Waals surface area contributed by atoms with Gasteiger partial charge in [0.2, 0.25) is 5.91 Å². The van der Waals surface area contributed by atoms with E-state index in [1.165, 1.54) is 12.1 Å². The molecule has 2 aromatic rings. The fourth-order valence-corrected chi connectivity index (χ4v) is 3.97. The van der Waals surface area contributed by atoms with Crippen LogP contribution < -0.4 is 5.32 Å². The highest BCUT2D eigenvalue weighted by atomic mass is 19.1. The van der Waals surface area contributed by atoms with E-state index in [-0.39, 0.29) is 23.5 Å². The number of likely N-dealkylation sites (tertiary alicyclic amines) is 1. The zero-order valence-corrected chi connectivity index (χ0v) is 16.3. The predicted octanol–water partition coefficient (Wildman–Crippen LogP) is 2.17. The molecule has 0 radical (unpaired) electrons. The molecule has 152 valence electrons. The zero-order valence-electron chi connectivity index (χ0n) is 16.3. The van der Waals surface area contributed by atoms with Crippen molar-refractivity contribution < 1.29 is 14.0 Å². The highest BCUT2D eigenvalue weighted by Gasteiger charge is 2.31. The number of amides is 2. The highest BCUT2D eigenvalue weighted by Crippen LogP contribution is 2.22. The lowest BCUT2D eigenvalue weighted by Crippen LogP contribution is -2.50. The number of halogens is 1. The number of pyridine rings is 1. The van der Waals surface area contributed by atoms with Gasteiger partial charge in [-0.25, -0.2) is 9.37 Å². The van der Waals surface area contributed by atoms with Crippen LogP contribution in [0.25, 0.3) is 11.3 Å². The number of piperazine rings is 1. The molecule has 1 N–H and O–H groups in total. The first-order chi connectivity index (χ1) is 14.1. The third-order valence-electron chi connectivity index (χ3n) is 5.67. The standard InChI is InChI=1S/C22H25FN4O2/c23-18-6-4-16(5-7-18)19-2-1-3-20(25-19)22(29)26-12-8-17(9-13-26)21(28)27-14-10-24-11-15-27/h1-7,17,24H,8-15H2. The molecule has 1 aromatic carbocycles. The van der Waals surface area contributed by atoms with Crippen molar-refractivity contribution in [2.24, 2.45) is 5.92 Å². The maximum absolute atomic E-state index is 13.1. The van der Waals surface area contributed by atoms with Crippen molar-refractivity contribution in [3.05, 3.63) is 54.0 Å². The number of hydrogen-bond acceptors (Lipinski definition) is 4. The summed E-state index contributed by atoms with van der Waals surface area (Å²) in [5.41, 5.74) is 1.78. The summed E-state index contributed by atoms with van der Waals surface area (Å²) in [4.78, 5) is 33.8. The minimum atomic E-state index is -0.306. The molecule has 7 heteroatoms. The summed E-state index contributed by atoms with van der Waals surface area (Å²) in [6.07, 6.45) is 1.37. The quantitative estimate of drug-likeness (QED) is 0.864. The monoisotopic (exact) mass is 396 g/mol. The Morgan fingerprint density at radius 1 is 0.931 bits per heavy atom. The van der Waals surface area contributed by atoms with Crippen molar-refractivity contribution in [3.63, 3.8) is 0 Å². The van der Waals surface area contributed by atoms with Gasteiger partial charge in [-0.05, 0) is 49.2 Å². The first-order valence-corrected chi connectivity index (χ1v) is 10.1. The maximum Gasteiger partial charge on any atom is 0.272 e. The molecule has 1 aromatic heterocycles. The summed E-state index contributed by atoms with van der Waals surface area (Å²) in [5.74, 6) is -0.216. The Kier molecular flexibility index (Phi) is 5.85. The molecule has 2 aliphatic heterocycles. The molecule has 2 fully saturated rings. The molecule has 0 unspecified atom stereocenters. The van der Waals surface area contributed by atoms with Gasteiger partial charge in [0.25, 0.3) is 5.91 Å². The minimum absolute atomic E-state index is 0.00402. The van der Waals surface area contributed by atoms with Gasteiger partial charge in [0.05, 0.1) is 5.69 Å². The van der Waals surface area contributed by atoms with Gasteiger partial charge in [0.1, 0.15) is 11.5 Å². The van der Waals surface area contributed by atoms with Crippen LogP contribution in [0.5, 0.6) is 0 Å². The van der Waals surface area contributed by atoms with Crippen LogP contribution >= 0.6 is 0 Å². The van der Waals surface area contributed by atoms with Crippen LogP contribution in [-0.2, 0) is 4.79 Å². The van der Waals surface area contributed by atoms with Crippen LogP contribution in [0.15, 0.2) is 42.5 Å². The summed E-state index contributed by atoms with van der Waals surface area (Å²) < 4.78 is 13.1. The Morgan fingerprint density at radius 2 is 1.62 bits per heavy atom. The summed E-state index contributed by atoms with van der Waals surface area (Å²) in [6.45, 7) is 4.34. The van der Waals surface area contributed by atoms with Crippen LogP contribution in [0.1, 0.15) is 23.3 Å². The Morgan fingerprint density at radius 3 is 2.31 bits per heavy atom. The van der Waals surface area contributed by atoms with Crippen LogP contribution in [0, 0.1) is 11.7 Å². The van der Waals surface area contributed by atoms with E-state index in [2.05, 4.69) is 10.3 Å². The fourth-order valence-electron chi connectivity index (χ4n) is 3.97. The van der Waals surface area contributed by atoms with E-state index in [4.69, 9.17) is 0 Å². The third kappa shape index (κ3) is 4.45. The van der Waals surface area contributed by atoms with Gasteiger partial charge < -0.3 is 15.1 Å². The Balaban J connectivity index is 1.39. The van der Waals surface area contributed by atoms with E-state index < -0.39 is 0 Å². The molecule has 0 aliphatic carbocycles. The molecule has 29 heavy (non-hydrogen) atoms. The number of piperidine rings is 1. The number of nitrogens with one attached hydrogen (secondary N) is 1. The first-order valence-electron chi connectivity index (χ1n) is 10.1. The number of benzene rings is 1. The predicted molar refractivity (Wildman–Crippen MR) is 108 cm³/mol. The second-order valence-electron chi connectivity index (χ2n) is 7.56. The van der Waals surface area contributed by atoms with Crippen LogP contribution in [0.3, 0.4) is 0 Å². The van der Waals surface area contributed by atoms with E-state index in [1.54, 1.807) is 29.2 Å². The summed E-state index contributed by atoms with van der Waals surface area (Å²) in [7, 11) is 0. The lowest BCUT2D eigenvalue weighted by molar-refractivity contribution is -0.137. The molecule has 0 spiro atoms. The SMILES string of the molecule is O=C(c1cccc(-c2ccc(F)cc2)n1)N1CCC(C(=O)N2CCNCC2)CC1. The maximum atomic E-state index is 13.1. The zero-order chi connectivity index (χ0) is 20.2. The van der Waals surface area contributed by atoms with Crippen LogP contribution in [0.4, 0.5) is 4.39 Å². The third-order valence-corrected chi connectivity index (χ3v) is 5.67. The van der Waals surface area contributed by atoms with E-state index >= 15 is 0 Å². The lowest BCUT2D eigenvalue weighted by atomic mass is 9.94. The topological polar surface area (TPSA) is 65.5 Å². The minimum Gasteiger partial charge on any atom is -0.340 e. The first kappa shape index (κ1) is 19.5. The molecule has 2 amide bonds. The molecule has 2 saturated heterocycles. The molecule has 4 rings (SSSR count). The molecular formula is C22H25FN4O2. The smallest absolute Gasteiger partial charge is 0.272 e. The number of carbonyl (C=O) groups excluding carboxylic acids is 2. The van der Waals surface area contributed by atoms with Crippen molar-refractivity contribution in [2.75, 3.05) is 39.3 Å². The van der Waals surface area contributed by atoms with Crippen molar-refractivity contribution in [2.45, 2.75) is 12.8 Å². The van der Waals surface area contributed by atoms with Crippen molar-refractivity contribution in [3.8, 4) is 11.3 Å². The Hall–Kier alpha value is -2.80. The lowest BCUT2D eigenvalue weighted by Gasteiger charge is -2.35. The van der Waals surface area contributed by atoms with Crippen molar-refractivity contribution in [1.29, 1.82) is 0 Å². The Labute approximate surface area is 169 Å². The Bertz CT molecular complexity index is 873. The van der Waals surface area contributed by atoms with Gasteiger partial charge in [0.15, 0.2) is 0 Å². The molecule has 0 bridgehead atoms. The number of rotatable bonds is 3. The van der Waals surface area contributed by atoms with Gasteiger partial charge >= 0.3 is 0 Å². The van der Waals surface area contributed by atoms with Gasteiger partial charge in [-0.2, -0.15) is 0 Å². The van der Waals surface area contributed by atoms with Gasteiger partial charge in [-0.1, -0.05) is 6.07 Å². The number of hydrogen-bond donors (Lipinski definition) is 1. The van der Waals surface area contributed by atoms with Crippen molar-refractivity contribution >= 4 is 11.8 Å². The summed E-state index contributed by atoms with van der Waals surface area (Å²) in [6, 6.07) is 11.4. The average Bonchev–Trinajstić information content (AvgIpc) is 2.79. The van der Waals surface area contributed by atoms with E-state index in [1.807, 2.05) is 11.0 Å². The number of aromatic nitrogens is 1. The van der Waals surface area contributed by atoms with Crippen molar-refractivity contribution in [1.82, 2.24) is 20.1 Å². The van der Waals surface area contributed by atoms with Gasteiger partial charge in [0, 0.05) is 50.7 Å². The van der Waals surface area contributed by atoms with E-state index in [0.29, 0.717) is 37.3 Å². The second kappa shape index (κ2) is 8.69. The summed E-state index contributed by atoms with van der Waals surface area (Å²) >= 11 is 0. The van der Waals surface area contributed by atoms with Gasteiger partial charge in [-0.15, -0.1) is 0 Å². The average molecular weight is 396 g/mol. The largest absolute Gasteiger partial charge is 0.340 e. The van der Waals surface area contributed by atoms with E-state index in [0.717, 1.165) is 31.7 Å². The second-order valence-corrected chi connectivity index (χ2v) is 7.56. The number of carbonyl (C=O) groups is 2. The molecule has 2 aliphatic rings. The molecular weight excluding hydrogens is 371 g/mol.